The number of rotatable bonds is 4. The van der Waals surface area contributed by atoms with Gasteiger partial charge in [0.15, 0.2) is 0 Å². The van der Waals surface area contributed by atoms with E-state index < -0.39 is 5.91 Å². The van der Waals surface area contributed by atoms with Crippen LogP contribution in [0.25, 0.3) is 0 Å². The fourth-order valence-electron chi connectivity index (χ4n) is 0.270. The molecule has 0 atom stereocenters. The van der Waals surface area contributed by atoms with Crippen LogP contribution in [0.4, 0.5) is 0 Å². The summed E-state index contributed by atoms with van der Waals surface area (Å²) >= 11 is 0. The summed E-state index contributed by atoms with van der Waals surface area (Å²) in [5, 5.41) is 10.1. The molecule has 0 unspecified atom stereocenters. The molecule has 0 fully saturated rings. The minimum Gasteiger partial charge on any atom is -0.368 e. The molecule has 0 bridgehead atoms. The largest absolute Gasteiger partial charge is 0.368 e. The molecule has 0 aliphatic rings. The maximum atomic E-state index is 10.1. The van der Waals surface area contributed by atoms with Crippen LogP contribution in [0, 0.1) is 10.9 Å². The van der Waals surface area contributed by atoms with E-state index in [0.29, 0.717) is 0 Å². The first-order valence-corrected chi connectivity index (χ1v) is 2.13. The van der Waals surface area contributed by atoms with Crippen molar-refractivity contribution in [3.63, 3.8) is 0 Å². The molecule has 1 amide bonds. The molecule has 6 heteroatoms. The van der Waals surface area contributed by atoms with Crippen molar-refractivity contribution < 1.29 is 6.22 Å². The van der Waals surface area contributed by atoms with Crippen molar-refractivity contribution in [3.8, 4) is 0 Å². The van der Waals surface area contributed by atoms with E-state index >= 15 is 0 Å². The molecule has 0 aliphatic carbocycles. The quantitative estimate of drug-likeness (QED) is 0.208. The van der Waals surface area contributed by atoms with Gasteiger partial charge in [-0.3, -0.25) is 10.2 Å². The molecule has 52 valence electrons. The Labute approximate surface area is 53.1 Å². The van der Waals surface area contributed by atoms with Gasteiger partial charge in [0.25, 0.3) is 0 Å². The number of nitrogens with zero attached hydrogens (tertiary/aromatic N) is 2. The average molecular weight is 131 g/mol. The number of nitrogens with two attached hydrogens (primary N) is 1. The van der Waals surface area contributed by atoms with Crippen LogP contribution in [-0.2, 0) is 4.79 Å². The molecule has 0 saturated carbocycles. The number of carbonyl (C=O) groups excluding carboxylic acids is 1. The minimum atomic E-state index is -0.616. The summed E-state index contributed by atoms with van der Waals surface area (Å²) in [6, 6.07) is 0. The van der Waals surface area contributed by atoms with Gasteiger partial charge in [-0.2, -0.15) is 5.53 Å². The van der Waals surface area contributed by atoms with E-state index in [1.54, 1.807) is 0 Å². The van der Waals surface area contributed by atoms with Gasteiger partial charge in [-0.05, 0) is 0 Å². The van der Waals surface area contributed by atoms with Crippen molar-refractivity contribution in [1.29, 1.82) is 10.9 Å². The minimum absolute atomic E-state index is 0. The zero-order valence-corrected chi connectivity index (χ0v) is 4.66. The number of amides is 1. The van der Waals surface area contributed by atoms with E-state index in [2.05, 4.69) is 5.22 Å². The van der Waals surface area contributed by atoms with E-state index in [1.165, 1.54) is 0 Å². The highest BCUT2D eigenvalue weighted by molar-refractivity contribution is 5.77. The molecular formula is C3H9N5O. The molecule has 0 aromatic carbocycles. The molecule has 0 radical (unpaired) electrons. The molecule has 0 aliphatic heterocycles. The predicted molar refractivity (Wildman–Crippen MR) is 31.9 cm³/mol. The first kappa shape index (κ1) is 7.54. The molecule has 4 N–H and O–H groups in total. The lowest BCUT2D eigenvalue weighted by atomic mass is 10.6. The van der Waals surface area contributed by atoms with E-state index in [9.17, 15) is 4.79 Å². The van der Waals surface area contributed by atoms with Crippen molar-refractivity contribution in [1.82, 2.24) is 5.01 Å². The molecule has 9 heavy (non-hydrogen) atoms. The molecule has 0 saturated heterocycles. The molecule has 0 aromatic heterocycles. The van der Waals surface area contributed by atoms with Gasteiger partial charge in [-0.25, -0.2) is 5.01 Å². The van der Waals surface area contributed by atoms with Gasteiger partial charge < -0.3 is 5.73 Å². The van der Waals surface area contributed by atoms with Crippen molar-refractivity contribution in [2.45, 2.75) is 0 Å². The Morgan fingerprint density at radius 1 is 2.00 bits per heavy atom. The van der Waals surface area contributed by atoms with Crippen LogP contribution in [0.1, 0.15) is 1.43 Å². The first-order chi connectivity index (χ1) is 4.20. The van der Waals surface area contributed by atoms with Crippen LogP contribution in [0.5, 0.6) is 0 Å². The zero-order valence-electron chi connectivity index (χ0n) is 4.66. The van der Waals surface area contributed by atoms with Crippen LogP contribution in [-0.4, -0.2) is 23.8 Å². The summed E-state index contributed by atoms with van der Waals surface area (Å²) in [4.78, 5) is 10.1. The lowest BCUT2D eigenvalue weighted by molar-refractivity contribution is -0.118. The van der Waals surface area contributed by atoms with Gasteiger partial charge in [-0.1, -0.05) is 5.22 Å². The molecular weight excluding hydrogens is 122 g/mol. The van der Waals surface area contributed by atoms with Gasteiger partial charge in [0.05, 0.1) is 0 Å². The molecule has 0 spiro atoms. The van der Waals surface area contributed by atoms with Crippen molar-refractivity contribution in [2.75, 3.05) is 6.54 Å². The van der Waals surface area contributed by atoms with Crippen molar-refractivity contribution in [2.24, 2.45) is 11.0 Å². The number of hydrogen-bond acceptors (Lipinski definition) is 4. The van der Waals surface area contributed by atoms with Crippen LogP contribution >= 0.6 is 0 Å². The maximum absolute atomic E-state index is 10.1. The Morgan fingerprint density at radius 2 is 2.56 bits per heavy atom. The highest BCUT2D eigenvalue weighted by Crippen LogP contribution is 1.79. The Bertz CT molecular complexity index is 129. The van der Waals surface area contributed by atoms with Gasteiger partial charge >= 0.3 is 0 Å². The molecule has 6 nitrogen and oxygen atoms in total. The summed E-state index contributed by atoms with van der Waals surface area (Å²) in [6.45, 7) is -0.215. The Morgan fingerprint density at radius 3 is 2.67 bits per heavy atom. The Hall–Kier alpha value is -1.46. The van der Waals surface area contributed by atoms with Crippen LogP contribution in [0.3, 0.4) is 0 Å². The average Bonchev–Trinajstić information content (AvgIpc) is 1.82. The van der Waals surface area contributed by atoms with Crippen LogP contribution in [0.2, 0.25) is 0 Å². The lowest BCUT2D eigenvalue weighted by Crippen LogP contribution is -2.28. The lowest BCUT2D eigenvalue weighted by Gasteiger charge is -2.04. The maximum Gasteiger partial charge on any atom is 0.239 e. The van der Waals surface area contributed by atoms with Crippen molar-refractivity contribution >= 4 is 12.2 Å². The monoisotopic (exact) mass is 131 g/mol. The summed E-state index contributed by atoms with van der Waals surface area (Å²) in [5.41, 5.74) is 11.1. The third kappa shape index (κ3) is 3.15. The second kappa shape index (κ2) is 3.53. The van der Waals surface area contributed by atoms with E-state index in [-0.39, 0.29) is 7.97 Å². The Balaban J connectivity index is 0. The van der Waals surface area contributed by atoms with E-state index in [4.69, 9.17) is 16.7 Å². The fraction of sp³-hybridized carbons (Fsp3) is 0.333. The predicted octanol–water partition coefficient (Wildman–Crippen LogP) is -0.427. The number of carbonyl (C=O) groups is 1. The third-order valence-electron chi connectivity index (χ3n) is 0.595. The second-order valence-electron chi connectivity index (χ2n) is 1.29. The second-order valence-corrected chi connectivity index (χ2v) is 1.29. The van der Waals surface area contributed by atoms with E-state index in [1.807, 2.05) is 0 Å². The van der Waals surface area contributed by atoms with Gasteiger partial charge in [0.1, 0.15) is 12.9 Å². The Kier molecular flexibility index (Phi) is 2.96. The molecule has 0 rings (SSSR count). The highest BCUT2D eigenvalue weighted by Gasteiger charge is 1.99. The number of primary amides is 1. The van der Waals surface area contributed by atoms with Crippen LogP contribution < -0.4 is 5.73 Å². The van der Waals surface area contributed by atoms with Crippen LogP contribution in [0.15, 0.2) is 5.22 Å². The zero-order chi connectivity index (χ0) is 7.28. The number of nitrogens with one attached hydrogen (secondary N) is 2. The number of hydrogen-bond donors (Lipinski definition) is 3. The van der Waals surface area contributed by atoms with Gasteiger partial charge in [-0.15, -0.1) is 0 Å². The van der Waals surface area contributed by atoms with Gasteiger partial charge in [0, 0.05) is 1.43 Å². The summed E-state index contributed by atoms with van der Waals surface area (Å²) in [5.74, 6) is -0.616. The summed E-state index contributed by atoms with van der Waals surface area (Å²) in [6.07, 6.45) is 0.748. The standard InChI is InChI=1S/C3H7N5O.H2/c4-2-8(7-6)1-3(5)9;/h2,4,6H,1H2,(H2,5,9);1H. The molecule has 0 heterocycles. The summed E-state index contributed by atoms with van der Waals surface area (Å²) in [7, 11) is 0. The van der Waals surface area contributed by atoms with Crippen molar-refractivity contribution in [3.05, 3.63) is 0 Å². The highest BCUT2D eigenvalue weighted by atomic mass is 16.1. The van der Waals surface area contributed by atoms with E-state index in [0.717, 1.165) is 11.3 Å². The topological polar surface area (TPSA) is 106 Å². The smallest absolute Gasteiger partial charge is 0.239 e. The summed E-state index contributed by atoms with van der Waals surface area (Å²) < 4.78 is 0. The van der Waals surface area contributed by atoms with Gasteiger partial charge in [0.2, 0.25) is 5.91 Å². The SMILES string of the molecule is N=CN(CC(N)=O)N=N.[HH]. The normalized spacial score (nSPS) is 8.00. The molecule has 0 aromatic rings. The third-order valence-corrected chi connectivity index (χ3v) is 0.595. The first-order valence-electron chi connectivity index (χ1n) is 2.13. The fourth-order valence-corrected chi connectivity index (χ4v) is 0.270.